The van der Waals surface area contributed by atoms with Crippen molar-refractivity contribution < 1.29 is 36.5 Å². The summed E-state index contributed by atoms with van der Waals surface area (Å²) in [6, 6.07) is 0. The van der Waals surface area contributed by atoms with Gasteiger partial charge in [-0.3, -0.25) is 0 Å². The molecular formula is C14H30O4Zr. The molecule has 5 heteroatoms. The van der Waals surface area contributed by atoms with Crippen molar-refractivity contribution in [3.05, 3.63) is 0 Å². The van der Waals surface area contributed by atoms with Crippen molar-refractivity contribution in [1.29, 1.82) is 0 Å². The van der Waals surface area contributed by atoms with Crippen LogP contribution >= 0.6 is 0 Å². The Morgan fingerprint density at radius 1 is 0.789 bits per heavy atom. The Kier molecular flexibility index (Phi) is 17.1. The topological polar surface area (TPSA) is 55.8 Å². The Balaban J connectivity index is 2.93. The maximum atomic E-state index is 10.3. The van der Waals surface area contributed by atoms with Gasteiger partial charge in [-0.1, -0.05) is 26.2 Å². The van der Waals surface area contributed by atoms with Gasteiger partial charge in [-0.25, -0.2) is 0 Å². The predicted molar refractivity (Wildman–Crippen MR) is 71.0 cm³/mol. The van der Waals surface area contributed by atoms with E-state index in [1.54, 1.807) is 0 Å². The molecule has 0 aliphatic heterocycles. The molecule has 1 N–H and O–H groups in total. The molecule has 0 amide bonds. The number of rotatable bonds is 15. The molecule has 0 aliphatic rings. The third-order valence-electron chi connectivity index (χ3n) is 3.21. The molecule has 0 unspecified atom stereocenters. The molecule has 0 aromatic heterocycles. The van der Waals surface area contributed by atoms with Crippen molar-refractivity contribution in [3.63, 3.8) is 0 Å². The van der Waals surface area contributed by atoms with E-state index in [9.17, 15) is 2.81 Å². The Bertz CT molecular complexity index is 200. The molecule has 0 atom stereocenters. The summed E-state index contributed by atoms with van der Waals surface area (Å²) in [4.78, 5) is 4.61. The zero-order valence-corrected chi connectivity index (χ0v) is 14.8. The summed E-state index contributed by atoms with van der Waals surface area (Å²) in [5.41, 5.74) is 0. The summed E-state index contributed by atoms with van der Waals surface area (Å²) in [6.07, 6.45) is 15.5. The number of unbranched alkanes of at least 4 members (excludes halogenated alkanes) is 11. The standard InChI is InChI=1S/C14H30O2.H2O.O.Zr/c1-2-3-4-5-6-7-8-9-10-11-12-13-14-16-15;;;/h15H,2-14H2,1H3;1H2;;/q;;;+2/p-2. The molecule has 0 radical (unpaired) electrons. The second-order valence-electron chi connectivity index (χ2n) is 5.06. The van der Waals surface area contributed by atoms with E-state index in [2.05, 4.69) is 14.8 Å². The predicted octanol–water partition coefficient (Wildman–Crippen LogP) is 4.42. The fourth-order valence-corrected chi connectivity index (χ4v) is 2.55. The van der Waals surface area contributed by atoms with E-state index in [0.29, 0.717) is 6.61 Å². The van der Waals surface area contributed by atoms with E-state index in [4.69, 9.17) is 3.18 Å². The molecule has 0 saturated heterocycles. The molecule has 4 nitrogen and oxygen atoms in total. The minimum atomic E-state index is -3.71. The van der Waals surface area contributed by atoms with Gasteiger partial charge in [0.25, 0.3) is 0 Å². The third kappa shape index (κ3) is 18.6. The normalized spacial score (nSPS) is 10.8. The monoisotopic (exact) mass is 352 g/mol. The van der Waals surface area contributed by atoms with Crippen LogP contribution < -0.4 is 0 Å². The van der Waals surface area contributed by atoms with Gasteiger partial charge in [-0.05, 0) is 0 Å². The molecule has 0 fully saturated rings. The van der Waals surface area contributed by atoms with Crippen molar-refractivity contribution in [3.8, 4) is 0 Å². The van der Waals surface area contributed by atoms with Gasteiger partial charge in [-0.15, -0.1) is 0 Å². The first kappa shape index (κ1) is 19.6. The van der Waals surface area contributed by atoms with Crippen molar-refractivity contribution in [2.75, 3.05) is 6.61 Å². The Hall–Kier alpha value is 0.563. The van der Waals surface area contributed by atoms with Crippen molar-refractivity contribution >= 4 is 0 Å². The summed E-state index contributed by atoms with van der Waals surface area (Å²) in [7, 11) is 0. The van der Waals surface area contributed by atoms with Gasteiger partial charge < -0.3 is 0 Å². The molecule has 0 aromatic rings. The summed E-state index contributed by atoms with van der Waals surface area (Å²) >= 11 is -3.71. The van der Waals surface area contributed by atoms with Crippen molar-refractivity contribution in [2.24, 2.45) is 0 Å². The van der Waals surface area contributed by atoms with Crippen LogP contribution in [0.1, 0.15) is 84.0 Å². The Labute approximate surface area is 127 Å². The molecule has 0 saturated carbocycles. The van der Waals surface area contributed by atoms with E-state index in [-0.39, 0.29) is 0 Å². The molecule has 0 spiro atoms. The molecule has 0 aliphatic carbocycles. The zero-order valence-electron chi connectivity index (χ0n) is 12.4. The molecular weight excluding hydrogens is 323 g/mol. The Morgan fingerprint density at radius 3 is 1.63 bits per heavy atom. The molecule has 19 heavy (non-hydrogen) atoms. The van der Waals surface area contributed by atoms with Crippen LogP contribution in [0.25, 0.3) is 0 Å². The van der Waals surface area contributed by atoms with Crippen LogP contribution in [0.5, 0.6) is 0 Å². The summed E-state index contributed by atoms with van der Waals surface area (Å²) in [5.74, 6) is 0. The average Bonchev–Trinajstić information content (AvgIpc) is 2.39. The van der Waals surface area contributed by atoms with E-state index in [0.717, 1.165) is 12.8 Å². The fraction of sp³-hybridized carbons (Fsp3) is 1.00. The third-order valence-corrected chi connectivity index (χ3v) is 3.85. The Morgan fingerprint density at radius 2 is 1.21 bits per heavy atom. The van der Waals surface area contributed by atoms with Gasteiger partial charge in [0.1, 0.15) is 0 Å². The second kappa shape index (κ2) is 16.6. The van der Waals surface area contributed by atoms with E-state index < -0.39 is 22.6 Å². The first-order valence-electron chi connectivity index (χ1n) is 7.79. The summed E-state index contributed by atoms with van der Waals surface area (Å²) in [6.45, 7) is 2.69. The maximum absolute atomic E-state index is 10.3. The molecule has 0 rings (SSSR count). The SMILES string of the molecule is CCCCCCCCCCCCCCO[O][Zr](=[O])[OH]. The number of hydrogen-bond donors (Lipinski definition) is 1. The first-order chi connectivity index (χ1) is 9.27. The van der Waals surface area contributed by atoms with Crippen LogP contribution in [0, 0.1) is 0 Å². The van der Waals surface area contributed by atoms with Crippen LogP contribution in [0.4, 0.5) is 0 Å². The van der Waals surface area contributed by atoms with E-state index >= 15 is 0 Å². The van der Waals surface area contributed by atoms with Gasteiger partial charge in [0.05, 0.1) is 0 Å². The summed E-state index contributed by atoms with van der Waals surface area (Å²) < 4.78 is 22.9. The minimum absolute atomic E-state index is 0.435. The first-order valence-corrected chi connectivity index (χ1v) is 10.9. The van der Waals surface area contributed by atoms with Crippen LogP contribution in [0.3, 0.4) is 0 Å². The molecule has 0 aromatic carbocycles. The summed E-state index contributed by atoms with van der Waals surface area (Å²) in [5, 5.41) is 0. The fourth-order valence-electron chi connectivity index (χ4n) is 2.09. The van der Waals surface area contributed by atoms with Gasteiger partial charge in [0.15, 0.2) is 0 Å². The van der Waals surface area contributed by atoms with Crippen molar-refractivity contribution in [2.45, 2.75) is 84.0 Å². The van der Waals surface area contributed by atoms with Crippen LogP contribution in [-0.4, -0.2) is 9.79 Å². The van der Waals surface area contributed by atoms with Gasteiger partial charge in [0, 0.05) is 0 Å². The average molecular weight is 354 g/mol. The molecule has 0 heterocycles. The molecule has 114 valence electrons. The van der Waals surface area contributed by atoms with Gasteiger partial charge >= 0.3 is 101 Å². The number of hydrogen-bond acceptors (Lipinski definition) is 3. The zero-order chi connectivity index (χ0) is 14.2. The molecule has 0 bridgehead atoms. The van der Waals surface area contributed by atoms with Crippen LogP contribution in [0.2, 0.25) is 0 Å². The van der Waals surface area contributed by atoms with Crippen LogP contribution in [0.15, 0.2) is 0 Å². The van der Waals surface area contributed by atoms with Gasteiger partial charge in [0.2, 0.25) is 0 Å². The second-order valence-corrected chi connectivity index (χ2v) is 6.78. The van der Waals surface area contributed by atoms with Crippen molar-refractivity contribution in [1.82, 2.24) is 0 Å². The van der Waals surface area contributed by atoms with Crippen LogP contribution in [-0.2, 0) is 33.3 Å². The van der Waals surface area contributed by atoms with Gasteiger partial charge in [-0.2, -0.15) is 0 Å². The van der Waals surface area contributed by atoms with E-state index in [1.807, 2.05) is 0 Å². The quantitative estimate of drug-likeness (QED) is 0.269. The van der Waals surface area contributed by atoms with E-state index in [1.165, 1.54) is 64.2 Å².